The molecule has 3 rings (SSSR count). The van der Waals surface area contributed by atoms with Gasteiger partial charge in [0.15, 0.2) is 5.82 Å². The Morgan fingerprint density at radius 3 is 2.81 bits per heavy atom. The maximum Gasteiger partial charge on any atom is 0.232 e. The zero-order valence-electron chi connectivity index (χ0n) is 12.6. The third-order valence-electron chi connectivity index (χ3n) is 4.51. The van der Waals surface area contributed by atoms with Crippen LogP contribution in [0.15, 0.2) is 28.8 Å². The van der Waals surface area contributed by atoms with Gasteiger partial charge < -0.3 is 9.63 Å². The highest BCUT2D eigenvalue weighted by Gasteiger charge is 2.27. The van der Waals surface area contributed by atoms with E-state index in [0.717, 1.165) is 31.5 Å². The summed E-state index contributed by atoms with van der Waals surface area (Å²) >= 11 is 0. The lowest BCUT2D eigenvalue weighted by atomic mass is 9.83. The van der Waals surface area contributed by atoms with Gasteiger partial charge in [0.1, 0.15) is 0 Å². The van der Waals surface area contributed by atoms with Crippen LogP contribution in [0.1, 0.15) is 61.4 Å². The Kier molecular flexibility index (Phi) is 4.06. The Hall–Kier alpha value is -1.68. The molecule has 112 valence electrons. The van der Waals surface area contributed by atoms with Crippen molar-refractivity contribution in [2.45, 2.75) is 57.5 Å². The van der Waals surface area contributed by atoms with Crippen LogP contribution in [-0.2, 0) is 12.8 Å². The molecule has 0 saturated carbocycles. The summed E-state index contributed by atoms with van der Waals surface area (Å²) in [4.78, 5) is 4.56. The summed E-state index contributed by atoms with van der Waals surface area (Å²) in [6.45, 7) is 3.80. The van der Waals surface area contributed by atoms with Crippen LogP contribution in [0.4, 0.5) is 0 Å². The maximum atomic E-state index is 9.79. The van der Waals surface area contributed by atoms with E-state index in [2.05, 4.69) is 34.4 Å². The molecular formula is C17H22N2O2. The molecule has 21 heavy (non-hydrogen) atoms. The predicted octanol–water partition coefficient (Wildman–Crippen LogP) is 3.22. The zero-order valence-corrected chi connectivity index (χ0v) is 12.6. The van der Waals surface area contributed by atoms with Crippen molar-refractivity contribution in [2.75, 3.05) is 0 Å². The summed E-state index contributed by atoms with van der Waals surface area (Å²) in [6, 6.07) is 8.57. The average molecular weight is 286 g/mol. The van der Waals surface area contributed by atoms with E-state index in [-0.39, 0.29) is 5.92 Å². The van der Waals surface area contributed by atoms with Crippen LogP contribution in [0.3, 0.4) is 0 Å². The minimum absolute atomic E-state index is 0.0675. The third-order valence-corrected chi connectivity index (χ3v) is 4.51. The Labute approximate surface area is 125 Å². The molecule has 0 spiro atoms. The fourth-order valence-corrected chi connectivity index (χ4v) is 3.20. The zero-order chi connectivity index (χ0) is 14.8. The van der Waals surface area contributed by atoms with E-state index < -0.39 is 6.10 Å². The largest absolute Gasteiger partial charge is 0.393 e. The van der Waals surface area contributed by atoms with E-state index in [1.54, 1.807) is 6.92 Å². The monoisotopic (exact) mass is 286 g/mol. The van der Waals surface area contributed by atoms with Gasteiger partial charge in [-0.2, -0.15) is 4.98 Å². The van der Waals surface area contributed by atoms with Crippen LogP contribution in [0.2, 0.25) is 0 Å². The lowest BCUT2D eigenvalue weighted by Gasteiger charge is -2.21. The first-order valence-corrected chi connectivity index (χ1v) is 7.77. The third kappa shape index (κ3) is 2.86. The molecule has 0 saturated heterocycles. The quantitative estimate of drug-likeness (QED) is 0.937. The van der Waals surface area contributed by atoms with Crippen molar-refractivity contribution >= 4 is 0 Å². The standard InChI is InChI=1S/C17H22N2O2/c1-3-15(11(2)20)17-18-16(19-21-17)14-9-8-12-6-4-5-7-13(12)10-14/h4-7,11,14-15,20H,3,8-10H2,1-2H3. The molecule has 4 heteroatoms. The van der Waals surface area contributed by atoms with Crippen LogP contribution in [0.25, 0.3) is 0 Å². The van der Waals surface area contributed by atoms with Crippen molar-refractivity contribution < 1.29 is 9.63 Å². The van der Waals surface area contributed by atoms with E-state index in [1.807, 2.05) is 6.92 Å². The molecule has 2 aromatic rings. The first kappa shape index (κ1) is 14.3. The molecule has 1 aromatic carbocycles. The average Bonchev–Trinajstić information content (AvgIpc) is 2.96. The molecule has 0 amide bonds. The summed E-state index contributed by atoms with van der Waals surface area (Å²) in [5.74, 6) is 1.62. The Morgan fingerprint density at radius 1 is 1.33 bits per heavy atom. The van der Waals surface area contributed by atoms with E-state index >= 15 is 0 Å². The van der Waals surface area contributed by atoms with Crippen LogP contribution < -0.4 is 0 Å². The van der Waals surface area contributed by atoms with Gasteiger partial charge in [0.2, 0.25) is 5.89 Å². The van der Waals surface area contributed by atoms with Crippen molar-refractivity contribution in [3.63, 3.8) is 0 Å². The number of hydrogen-bond donors (Lipinski definition) is 1. The van der Waals surface area contributed by atoms with Gasteiger partial charge in [0.25, 0.3) is 0 Å². The fraction of sp³-hybridized carbons (Fsp3) is 0.529. The van der Waals surface area contributed by atoms with Gasteiger partial charge in [-0.15, -0.1) is 0 Å². The number of hydrogen-bond acceptors (Lipinski definition) is 4. The number of rotatable bonds is 4. The Bertz CT molecular complexity index is 606. The predicted molar refractivity (Wildman–Crippen MR) is 80.2 cm³/mol. The summed E-state index contributed by atoms with van der Waals surface area (Å²) in [5.41, 5.74) is 2.83. The molecule has 3 unspecified atom stereocenters. The van der Waals surface area contributed by atoms with E-state index in [1.165, 1.54) is 11.1 Å². The molecule has 1 N–H and O–H groups in total. The molecule has 0 bridgehead atoms. The topological polar surface area (TPSA) is 59.2 Å². The number of aromatic nitrogens is 2. The van der Waals surface area contributed by atoms with Gasteiger partial charge in [-0.25, -0.2) is 0 Å². The van der Waals surface area contributed by atoms with Gasteiger partial charge in [0.05, 0.1) is 12.0 Å². The molecule has 1 aliphatic carbocycles. The number of aryl methyl sites for hydroxylation is 1. The molecule has 1 aliphatic rings. The Morgan fingerprint density at radius 2 is 2.10 bits per heavy atom. The number of aliphatic hydroxyl groups is 1. The van der Waals surface area contributed by atoms with Gasteiger partial charge in [-0.05, 0) is 43.7 Å². The normalized spacial score (nSPS) is 20.8. The van der Waals surface area contributed by atoms with Crippen LogP contribution in [-0.4, -0.2) is 21.4 Å². The first-order valence-electron chi connectivity index (χ1n) is 7.77. The minimum Gasteiger partial charge on any atom is -0.393 e. The minimum atomic E-state index is -0.463. The van der Waals surface area contributed by atoms with Crippen LogP contribution in [0.5, 0.6) is 0 Å². The van der Waals surface area contributed by atoms with E-state index in [4.69, 9.17) is 4.52 Å². The highest BCUT2D eigenvalue weighted by atomic mass is 16.5. The van der Waals surface area contributed by atoms with Crippen molar-refractivity contribution in [3.8, 4) is 0 Å². The van der Waals surface area contributed by atoms with Crippen molar-refractivity contribution in [3.05, 3.63) is 47.1 Å². The molecular weight excluding hydrogens is 264 g/mol. The number of nitrogens with zero attached hydrogens (tertiary/aromatic N) is 2. The molecule has 3 atom stereocenters. The highest BCUT2D eigenvalue weighted by Crippen LogP contribution is 2.32. The van der Waals surface area contributed by atoms with Crippen molar-refractivity contribution in [1.82, 2.24) is 10.1 Å². The van der Waals surface area contributed by atoms with Crippen molar-refractivity contribution in [2.24, 2.45) is 0 Å². The molecule has 0 fully saturated rings. The SMILES string of the molecule is CCC(c1nc(C2CCc3ccccc3C2)no1)C(C)O. The molecule has 1 aromatic heterocycles. The summed E-state index contributed by atoms with van der Waals surface area (Å²) in [5, 5.41) is 14.0. The number of aliphatic hydroxyl groups excluding tert-OH is 1. The molecule has 0 aliphatic heterocycles. The van der Waals surface area contributed by atoms with Gasteiger partial charge in [-0.3, -0.25) is 0 Å². The summed E-state index contributed by atoms with van der Waals surface area (Å²) in [7, 11) is 0. The second-order valence-corrected chi connectivity index (χ2v) is 5.95. The van der Waals surface area contributed by atoms with Gasteiger partial charge >= 0.3 is 0 Å². The molecule has 1 heterocycles. The highest BCUT2D eigenvalue weighted by molar-refractivity contribution is 5.31. The molecule has 0 radical (unpaired) electrons. The smallest absolute Gasteiger partial charge is 0.232 e. The number of fused-ring (bicyclic) bond motifs is 1. The second kappa shape index (κ2) is 5.98. The number of benzene rings is 1. The summed E-state index contributed by atoms with van der Waals surface area (Å²) < 4.78 is 5.40. The fourth-order valence-electron chi connectivity index (χ4n) is 3.20. The lowest BCUT2D eigenvalue weighted by molar-refractivity contribution is 0.141. The lowest BCUT2D eigenvalue weighted by Crippen LogP contribution is -2.16. The Balaban J connectivity index is 1.79. The van der Waals surface area contributed by atoms with E-state index in [0.29, 0.717) is 11.8 Å². The second-order valence-electron chi connectivity index (χ2n) is 5.95. The van der Waals surface area contributed by atoms with E-state index in [9.17, 15) is 5.11 Å². The van der Waals surface area contributed by atoms with Crippen LogP contribution in [0, 0.1) is 0 Å². The summed E-state index contributed by atoms with van der Waals surface area (Å²) in [6.07, 6.45) is 3.43. The first-order chi connectivity index (χ1) is 10.2. The molecule has 4 nitrogen and oxygen atoms in total. The maximum absolute atomic E-state index is 9.79. The van der Waals surface area contributed by atoms with Gasteiger partial charge in [-0.1, -0.05) is 36.3 Å². The van der Waals surface area contributed by atoms with Crippen molar-refractivity contribution in [1.29, 1.82) is 0 Å². The van der Waals surface area contributed by atoms with Crippen LogP contribution >= 0.6 is 0 Å². The van der Waals surface area contributed by atoms with Gasteiger partial charge in [0, 0.05) is 5.92 Å².